The van der Waals surface area contributed by atoms with Gasteiger partial charge < -0.3 is 0 Å². The van der Waals surface area contributed by atoms with Gasteiger partial charge in [0.1, 0.15) is 0 Å². The van der Waals surface area contributed by atoms with E-state index in [1.54, 1.807) is 0 Å². The van der Waals surface area contributed by atoms with Gasteiger partial charge in [-0.2, -0.15) is 11.8 Å². The van der Waals surface area contributed by atoms with Crippen molar-refractivity contribution >= 4 is 11.8 Å². The summed E-state index contributed by atoms with van der Waals surface area (Å²) in [4.78, 5) is 4.29. The van der Waals surface area contributed by atoms with Crippen LogP contribution in [0.3, 0.4) is 0 Å². The second-order valence-corrected chi connectivity index (χ2v) is 3.74. The number of nitrogens with zero attached hydrogens (tertiary/aromatic N) is 1. The lowest BCUT2D eigenvalue weighted by Crippen LogP contribution is -1.86. The van der Waals surface area contributed by atoms with Gasteiger partial charge >= 0.3 is 0 Å². The smallest absolute Gasteiger partial charge is 0.0502 e. The molecule has 0 aromatic carbocycles. The number of hydrogen-bond donors (Lipinski definition) is 0. The first-order valence-corrected chi connectivity index (χ1v) is 4.97. The average molecular weight is 167 g/mol. The Balaban J connectivity index is 2.52. The van der Waals surface area contributed by atoms with Crippen LogP contribution in [-0.4, -0.2) is 10.7 Å². The minimum absolute atomic E-state index is 1.04. The molecule has 0 atom stereocenters. The summed E-state index contributed by atoms with van der Waals surface area (Å²) in [6.45, 7) is 4.22. The predicted octanol–water partition coefficient (Wildman–Crippen LogP) is 2.64. The molecule has 0 aliphatic carbocycles. The van der Waals surface area contributed by atoms with Gasteiger partial charge in [-0.05, 0) is 24.3 Å². The highest BCUT2D eigenvalue weighted by molar-refractivity contribution is 7.98. The predicted molar refractivity (Wildman–Crippen MR) is 50.8 cm³/mol. The fourth-order valence-corrected chi connectivity index (χ4v) is 1.37. The van der Waals surface area contributed by atoms with Crippen LogP contribution >= 0.6 is 11.8 Å². The standard InChI is InChI=1S/C9H13NS/c1-3-11-7-9-5-4-8(2)6-10-9/h4-6H,3,7H2,1-2H3. The van der Waals surface area contributed by atoms with E-state index in [0.29, 0.717) is 0 Å². The van der Waals surface area contributed by atoms with Crippen molar-refractivity contribution in [1.82, 2.24) is 4.98 Å². The van der Waals surface area contributed by atoms with Gasteiger partial charge in [-0.1, -0.05) is 13.0 Å². The molecule has 1 rings (SSSR count). The van der Waals surface area contributed by atoms with Crippen molar-refractivity contribution in [1.29, 1.82) is 0 Å². The Bertz CT molecular complexity index is 205. The van der Waals surface area contributed by atoms with Gasteiger partial charge in [0.2, 0.25) is 0 Å². The van der Waals surface area contributed by atoms with E-state index < -0.39 is 0 Å². The molecule has 0 fully saturated rings. The van der Waals surface area contributed by atoms with E-state index in [2.05, 4.69) is 31.0 Å². The number of hydrogen-bond acceptors (Lipinski definition) is 2. The molecule has 60 valence electrons. The van der Waals surface area contributed by atoms with E-state index in [-0.39, 0.29) is 0 Å². The van der Waals surface area contributed by atoms with E-state index in [1.807, 2.05) is 18.0 Å². The highest BCUT2D eigenvalue weighted by atomic mass is 32.2. The number of aryl methyl sites for hydroxylation is 1. The molecule has 0 N–H and O–H groups in total. The molecule has 2 heteroatoms. The number of pyridine rings is 1. The molecule has 0 unspecified atom stereocenters. The minimum atomic E-state index is 1.04. The summed E-state index contributed by atoms with van der Waals surface area (Å²) < 4.78 is 0. The van der Waals surface area contributed by atoms with Crippen LogP contribution in [0.15, 0.2) is 18.3 Å². The normalized spacial score (nSPS) is 10.0. The first kappa shape index (κ1) is 8.60. The monoisotopic (exact) mass is 167 g/mol. The van der Waals surface area contributed by atoms with E-state index in [0.717, 1.165) is 11.5 Å². The van der Waals surface area contributed by atoms with Crippen LogP contribution in [0.1, 0.15) is 18.2 Å². The molecular formula is C9H13NS. The highest BCUT2D eigenvalue weighted by Gasteiger charge is 1.91. The Morgan fingerprint density at radius 1 is 1.45 bits per heavy atom. The minimum Gasteiger partial charge on any atom is -0.260 e. The first-order chi connectivity index (χ1) is 5.33. The molecule has 11 heavy (non-hydrogen) atoms. The van der Waals surface area contributed by atoms with Crippen molar-refractivity contribution in [3.8, 4) is 0 Å². The molecular weight excluding hydrogens is 154 g/mol. The number of aromatic nitrogens is 1. The quantitative estimate of drug-likeness (QED) is 0.686. The van der Waals surface area contributed by atoms with Crippen molar-refractivity contribution in [3.05, 3.63) is 29.6 Å². The molecule has 0 radical (unpaired) electrons. The Morgan fingerprint density at radius 2 is 2.27 bits per heavy atom. The topological polar surface area (TPSA) is 12.9 Å². The third kappa shape index (κ3) is 2.93. The zero-order valence-corrected chi connectivity index (χ0v) is 7.82. The SMILES string of the molecule is CCSCc1ccc(C)cn1. The molecule has 1 aromatic rings. The molecule has 0 aliphatic heterocycles. The Labute approximate surface area is 72.2 Å². The highest BCUT2D eigenvalue weighted by Crippen LogP contribution is 2.08. The second-order valence-electron chi connectivity index (χ2n) is 2.46. The molecule has 0 saturated carbocycles. The number of thioether (sulfide) groups is 1. The van der Waals surface area contributed by atoms with Gasteiger partial charge in [-0.15, -0.1) is 0 Å². The summed E-state index contributed by atoms with van der Waals surface area (Å²) in [6, 6.07) is 4.20. The lowest BCUT2D eigenvalue weighted by atomic mass is 10.3. The maximum absolute atomic E-state index is 4.29. The summed E-state index contributed by atoms with van der Waals surface area (Å²) in [5, 5.41) is 0. The Kier molecular flexibility index (Phi) is 3.43. The molecule has 0 amide bonds. The van der Waals surface area contributed by atoms with E-state index in [1.165, 1.54) is 11.3 Å². The van der Waals surface area contributed by atoms with Crippen LogP contribution in [0.25, 0.3) is 0 Å². The molecule has 1 heterocycles. The third-order valence-corrected chi connectivity index (χ3v) is 2.33. The van der Waals surface area contributed by atoms with Crippen molar-refractivity contribution in [3.63, 3.8) is 0 Å². The van der Waals surface area contributed by atoms with Gasteiger partial charge in [0.25, 0.3) is 0 Å². The summed E-state index contributed by atoms with van der Waals surface area (Å²) in [5.41, 5.74) is 2.41. The summed E-state index contributed by atoms with van der Waals surface area (Å²) in [7, 11) is 0. The molecule has 0 bridgehead atoms. The Hall–Kier alpha value is -0.500. The zero-order chi connectivity index (χ0) is 8.10. The zero-order valence-electron chi connectivity index (χ0n) is 7.00. The van der Waals surface area contributed by atoms with E-state index in [9.17, 15) is 0 Å². The maximum atomic E-state index is 4.29. The fourth-order valence-electron chi connectivity index (χ4n) is 0.790. The van der Waals surface area contributed by atoms with Crippen LogP contribution in [0.5, 0.6) is 0 Å². The van der Waals surface area contributed by atoms with Gasteiger partial charge in [0.15, 0.2) is 0 Å². The van der Waals surface area contributed by atoms with Gasteiger partial charge in [-0.25, -0.2) is 0 Å². The lowest BCUT2D eigenvalue weighted by molar-refractivity contribution is 1.15. The van der Waals surface area contributed by atoms with Gasteiger partial charge in [0, 0.05) is 11.9 Å². The van der Waals surface area contributed by atoms with Crippen LogP contribution in [0.2, 0.25) is 0 Å². The van der Waals surface area contributed by atoms with Crippen LogP contribution < -0.4 is 0 Å². The lowest BCUT2D eigenvalue weighted by Gasteiger charge is -1.97. The average Bonchev–Trinajstić information content (AvgIpc) is 2.04. The third-order valence-electron chi connectivity index (χ3n) is 1.43. The summed E-state index contributed by atoms with van der Waals surface area (Å²) >= 11 is 1.90. The second kappa shape index (κ2) is 4.39. The van der Waals surface area contributed by atoms with Crippen molar-refractivity contribution in [2.75, 3.05) is 5.75 Å². The molecule has 0 spiro atoms. The maximum Gasteiger partial charge on any atom is 0.0502 e. The van der Waals surface area contributed by atoms with Crippen LogP contribution in [0.4, 0.5) is 0 Å². The molecule has 0 saturated heterocycles. The van der Waals surface area contributed by atoms with Crippen molar-refractivity contribution < 1.29 is 0 Å². The molecule has 0 aliphatic rings. The summed E-state index contributed by atoms with van der Waals surface area (Å²) in [5.74, 6) is 2.20. The Morgan fingerprint density at radius 3 is 2.82 bits per heavy atom. The fraction of sp³-hybridized carbons (Fsp3) is 0.444. The van der Waals surface area contributed by atoms with E-state index >= 15 is 0 Å². The van der Waals surface area contributed by atoms with E-state index in [4.69, 9.17) is 0 Å². The summed E-state index contributed by atoms with van der Waals surface area (Å²) in [6.07, 6.45) is 1.92. The van der Waals surface area contributed by atoms with Crippen LogP contribution in [-0.2, 0) is 5.75 Å². The van der Waals surface area contributed by atoms with Crippen LogP contribution in [0, 0.1) is 6.92 Å². The largest absolute Gasteiger partial charge is 0.260 e. The molecule has 1 aromatic heterocycles. The van der Waals surface area contributed by atoms with Gasteiger partial charge in [0.05, 0.1) is 5.69 Å². The van der Waals surface area contributed by atoms with Crippen molar-refractivity contribution in [2.24, 2.45) is 0 Å². The first-order valence-electron chi connectivity index (χ1n) is 3.82. The van der Waals surface area contributed by atoms with Gasteiger partial charge in [-0.3, -0.25) is 4.98 Å². The van der Waals surface area contributed by atoms with Crippen molar-refractivity contribution in [2.45, 2.75) is 19.6 Å². The molecule has 1 nitrogen and oxygen atoms in total. The number of rotatable bonds is 3.